The van der Waals surface area contributed by atoms with E-state index in [4.69, 9.17) is 4.74 Å². The predicted molar refractivity (Wildman–Crippen MR) is 85.5 cm³/mol. The van der Waals surface area contributed by atoms with E-state index in [-0.39, 0.29) is 24.1 Å². The Bertz CT molecular complexity index is 666. The van der Waals surface area contributed by atoms with Crippen LogP contribution in [0.2, 0.25) is 0 Å². The Labute approximate surface area is 130 Å². The number of esters is 1. The largest absolute Gasteiger partial charge is 0.465 e. The highest BCUT2D eigenvalue weighted by Gasteiger charge is 2.10. The van der Waals surface area contributed by atoms with Crippen molar-refractivity contribution in [3.8, 4) is 0 Å². The number of Topliss-reactive ketones (excluding diaryl/α,β-unsaturated/α-hetero) is 1. The summed E-state index contributed by atoms with van der Waals surface area (Å²) in [5.41, 5.74) is 0.708. The molecule has 0 aliphatic rings. The fourth-order valence-corrected chi connectivity index (χ4v) is 2.19. The fraction of sp³-hybridized carbons (Fsp3) is 0.389. The Kier molecular flexibility index (Phi) is 5.64. The van der Waals surface area contributed by atoms with Gasteiger partial charge in [0.05, 0.1) is 18.7 Å². The van der Waals surface area contributed by atoms with Crippen molar-refractivity contribution in [2.75, 3.05) is 6.61 Å². The molecule has 22 heavy (non-hydrogen) atoms. The first-order chi connectivity index (χ1) is 10.5. The van der Waals surface area contributed by atoms with Gasteiger partial charge in [-0.1, -0.05) is 31.2 Å². The average Bonchev–Trinajstić information content (AvgIpc) is 2.50. The van der Waals surface area contributed by atoms with Crippen LogP contribution in [0.5, 0.6) is 0 Å². The van der Waals surface area contributed by atoms with Crippen LogP contribution in [-0.4, -0.2) is 23.3 Å². The van der Waals surface area contributed by atoms with Gasteiger partial charge < -0.3 is 9.53 Å². The van der Waals surface area contributed by atoms with E-state index >= 15 is 0 Å². The smallest absolute Gasteiger partial charge is 0.311 e. The van der Waals surface area contributed by atoms with Gasteiger partial charge in [-0.3, -0.25) is 9.78 Å². The Hall–Kier alpha value is -2.23. The molecule has 0 bridgehead atoms. The Morgan fingerprint density at radius 3 is 2.68 bits per heavy atom. The van der Waals surface area contributed by atoms with Gasteiger partial charge in [0.2, 0.25) is 0 Å². The van der Waals surface area contributed by atoms with Gasteiger partial charge in [0, 0.05) is 18.0 Å². The molecule has 1 unspecified atom stereocenters. The first-order valence-electron chi connectivity index (χ1n) is 7.53. The van der Waals surface area contributed by atoms with Gasteiger partial charge >= 0.3 is 5.97 Å². The molecule has 1 aromatic carbocycles. The number of rotatable bonds is 7. The summed E-state index contributed by atoms with van der Waals surface area (Å²) < 4.78 is 5.26. The summed E-state index contributed by atoms with van der Waals surface area (Å²) in [6.45, 7) is 3.90. The first kappa shape index (κ1) is 16.1. The van der Waals surface area contributed by atoms with Gasteiger partial charge in [0.25, 0.3) is 0 Å². The quantitative estimate of drug-likeness (QED) is 0.736. The molecule has 1 aromatic heterocycles. The number of carbonyl (C=O) groups excluding carboxylic acids is 2. The summed E-state index contributed by atoms with van der Waals surface area (Å²) in [5.74, 6) is 0.0772. The summed E-state index contributed by atoms with van der Waals surface area (Å²) >= 11 is 0. The highest BCUT2D eigenvalue weighted by Crippen LogP contribution is 2.14. The standard InChI is InChI=1S/C18H21NO3/c1-13(7-8-14(2)20)12-22-18(21)10-17-9-15-5-3-4-6-16(15)11-19-17/h3-6,9,11,13H,7-8,10,12H2,1-2H3. The second-order valence-electron chi connectivity index (χ2n) is 5.73. The van der Waals surface area contributed by atoms with Crippen LogP contribution >= 0.6 is 0 Å². The van der Waals surface area contributed by atoms with Crippen molar-refractivity contribution < 1.29 is 14.3 Å². The lowest BCUT2D eigenvalue weighted by Gasteiger charge is -2.11. The molecule has 1 heterocycles. The number of carbonyl (C=O) groups is 2. The third kappa shape index (κ3) is 4.95. The van der Waals surface area contributed by atoms with E-state index in [0.717, 1.165) is 17.2 Å². The van der Waals surface area contributed by atoms with Gasteiger partial charge in [0.1, 0.15) is 5.78 Å². The van der Waals surface area contributed by atoms with E-state index in [1.165, 1.54) is 0 Å². The molecule has 4 heteroatoms. The Morgan fingerprint density at radius 1 is 1.23 bits per heavy atom. The summed E-state index contributed by atoms with van der Waals surface area (Å²) in [5, 5.41) is 2.12. The zero-order valence-electron chi connectivity index (χ0n) is 13.0. The van der Waals surface area contributed by atoms with Crippen molar-refractivity contribution in [3.05, 3.63) is 42.2 Å². The summed E-state index contributed by atoms with van der Waals surface area (Å²) in [7, 11) is 0. The molecule has 0 radical (unpaired) electrons. The zero-order valence-corrected chi connectivity index (χ0v) is 13.0. The van der Waals surface area contributed by atoms with Gasteiger partial charge in [-0.25, -0.2) is 0 Å². The number of hydrogen-bond acceptors (Lipinski definition) is 4. The molecule has 0 N–H and O–H groups in total. The van der Waals surface area contributed by atoms with Gasteiger partial charge in [0.15, 0.2) is 0 Å². The van der Waals surface area contributed by atoms with Crippen LogP contribution in [0.15, 0.2) is 36.5 Å². The number of ketones is 1. The van der Waals surface area contributed by atoms with E-state index in [2.05, 4.69) is 4.98 Å². The lowest BCUT2D eigenvalue weighted by molar-refractivity contribution is -0.144. The molecular weight excluding hydrogens is 278 g/mol. The molecule has 0 saturated carbocycles. The Balaban J connectivity index is 1.84. The molecular formula is C18H21NO3. The molecule has 0 fully saturated rings. The topological polar surface area (TPSA) is 56.3 Å². The molecule has 0 saturated heterocycles. The van der Waals surface area contributed by atoms with Crippen LogP contribution in [0.1, 0.15) is 32.4 Å². The van der Waals surface area contributed by atoms with Gasteiger partial charge in [-0.05, 0) is 30.7 Å². The van der Waals surface area contributed by atoms with E-state index in [9.17, 15) is 9.59 Å². The van der Waals surface area contributed by atoms with E-state index in [1.807, 2.05) is 37.3 Å². The molecule has 0 spiro atoms. The average molecular weight is 299 g/mol. The summed E-state index contributed by atoms with van der Waals surface area (Å²) in [6.07, 6.45) is 3.22. The molecule has 0 aliphatic carbocycles. The number of aromatic nitrogens is 1. The maximum Gasteiger partial charge on any atom is 0.311 e. The van der Waals surface area contributed by atoms with Crippen molar-refractivity contribution in [1.29, 1.82) is 0 Å². The number of nitrogens with zero attached hydrogens (tertiary/aromatic N) is 1. The van der Waals surface area contributed by atoms with Crippen molar-refractivity contribution in [2.45, 2.75) is 33.1 Å². The van der Waals surface area contributed by atoms with Crippen LogP contribution < -0.4 is 0 Å². The monoisotopic (exact) mass is 299 g/mol. The molecule has 0 aliphatic heterocycles. The van der Waals surface area contributed by atoms with Gasteiger partial charge in [-0.2, -0.15) is 0 Å². The first-order valence-corrected chi connectivity index (χ1v) is 7.53. The Morgan fingerprint density at radius 2 is 1.95 bits per heavy atom. The SMILES string of the molecule is CC(=O)CCC(C)COC(=O)Cc1cc2ccccc2cn1. The molecule has 2 rings (SSSR count). The number of pyridine rings is 1. The number of benzene rings is 1. The second kappa shape index (κ2) is 7.69. The van der Waals surface area contributed by atoms with Crippen molar-refractivity contribution in [2.24, 2.45) is 5.92 Å². The van der Waals surface area contributed by atoms with Crippen molar-refractivity contribution in [1.82, 2.24) is 4.98 Å². The summed E-state index contributed by atoms with van der Waals surface area (Å²) in [6, 6.07) is 9.81. The van der Waals surface area contributed by atoms with Crippen LogP contribution in [0.3, 0.4) is 0 Å². The lowest BCUT2D eigenvalue weighted by atomic mass is 10.1. The van der Waals surface area contributed by atoms with E-state index < -0.39 is 0 Å². The minimum absolute atomic E-state index is 0.165. The molecule has 1 atom stereocenters. The third-order valence-electron chi connectivity index (χ3n) is 3.53. The number of fused-ring (bicyclic) bond motifs is 1. The minimum Gasteiger partial charge on any atom is -0.465 e. The third-order valence-corrected chi connectivity index (χ3v) is 3.53. The van der Waals surface area contributed by atoms with Crippen molar-refractivity contribution in [3.63, 3.8) is 0 Å². The van der Waals surface area contributed by atoms with Crippen LogP contribution in [0, 0.1) is 5.92 Å². The van der Waals surface area contributed by atoms with Gasteiger partial charge in [-0.15, -0.1) is 0 Å². The summed E-state index contributed by atoms with van der Waals surface area (Å²) in [4.78, 5) is 27.1. The second-order valence-corrected chi connectivity index (χ2v) is 5.73. The maximum atomic E-state index is 11.9. The normalized spacial score (nSPS) is 12.1. The lowest BCUT2D eigenvalue weighted by Crippen LogP contribution is -2.15. The van der Waals surface area contributed by atoms with Crippen LogP contribution in [0.25, 0.3) is 10.8 Å². The zero-order chi connectivity index (χ0) is 15.9. The van der Waals surface area contributed by atoms with Crippen LogP contribution in [-0.2, 0) is 20.7 Å². The predicted octanol–water partition coefficient (Wildman–Crippen LogP) is 3.33. The fourth-order valence-electron chi connectivity index (χ4n) is 2.19. The molecule has 2 aromatic rings. The van der Waals surface area contributed by atoms with Crippen LogP contribution in [0.4, 0.5) is 0 Å². The maximum absolute atomic E-state index is 11.9. The highest BCUT2D eigenvalue weighted by atomic mass is 16.5. The van der Waals surface area contributed by atoms with Crippen molar-refractivity contribution >= 4 is 22.5 Å². The molecule has 116 valence electrons. The minimum atomic E-state index is -0.280. The van der Waals surface area contributed by atoms with E-state index in [0.29, 0.717) is 18.7 Å². The molecule has 4 nitrogen and oxygen atoms in total. The molecule has 0 amide bonds. The number of hydrogen-bond donors (Lipinski definition) is 0. The number of ether oxygens (including phenoxy) is 1. The van der Waals surface area contributed by atoms with E-state index in [1.54, 1.807) is 13.1 Å². The highest BCUT2D eigenvalue weighted by molar-refractivity contribution is 5.83.